The van der Waals surface area contributed by atoms with Gasteiger partial charge in [0.05, 0.1) is 0 Å². The molecule has 4 fully saturated rings. The molecule has 136 valence electrons. The number of rotatable bonds is 5. The third kappa shape index (κ3) is 3.25. The number of carbonyl (C=O) groups is 1. The Labute approximate surface area is 147 Å². The molecule has 0 spiro atoms. The highest BCUT2D eigenvalue weighted by atomic mass is 19.3. The zero-order valence-corrected chi connectivity index (χ0v) is 14.5. The summed E-state index contributed by atoms with van der Waals surface area (Å²) in [5.74, 6) is 2.47. The van der Waals surface area contributed by atoms with Crippen molar-refractivity contribution >= 4 is 5.91 Å². The lowest BCUT2D eigenvalue weighted by atomic mass is 9.48. The summed E-state index contributed by atoms with van der Waals surface area (Å²) in [6, 6.07) is 6.05. The van der Waals surface area contributed by atoms with E-state index >= 15 is 0 Å². The molecule has 1 unspecified atom stereocenters. The first-order chi connectivity index (χ1) is 11.9. The third-order valence-corrected chi connectivity index (χ3v) is 6.69. The van der Waals surface area contributed by atoms with Crippen LogP contribution in [-0.2, 0) is 0 Å². The summed E-state index contributed by atoms with van der Waals surface area (Å²) in [7, 11) is 0. The molecule has 0 radical (unpaired) electrons. The van der Waals surface area contributed by atoms with Gasteiger partial charge in [0.2, 0.25) is 0 Å². The minimum absolute atomic E-state index is 0.0701. The molecular formula is C20H25F2NO2. The van der Waals surface area contributed by atoms with Crippen LogP contribution in [0.4, 0.5) is 8.78 Å². The van der Waals surface area contributed by atoms with Gasteiger partial charge in [-0.1, -0.05) is 0 Å². The van der Waals surface area contributed by atoms with Crippen LogP contribution in [0.25, 0.3) is 0 Å². The van der Waals surface area contributed by atoms with Gasteiger partial charge in [-0.2, -0.15) is 8.78 Å². The zero-order valence-electron chi connectivity index (χ0n) is 14.5. The molecule has 4 bridgehead atoms. The van der Waals surface area contributed by atoms with Crippen molar-refractivity contribution in [1.82, 2.24) is 5.32 Å². The molecule has 5 heteroatoms. The average Bonchev–Trinajstić information content (AvgIpc) is 2.53. The Bertz CT molecular complexity index is 608. The van der Waals surface area contributed by atoms with E-state index in [-0.39, 0.29) is 23.1 Å². The molecule has 1 N–H and O–H groups in total. The smallest absolute Gasteiger partial charge is 0.387 e. The van der Waals surface area contributed by atoms with Crippen molar-refractivity contribution in [2.24, 2.45) is 23.2 Å². The number of nitrogens with one attached hydrogen (secondary N) is 1. The molecular weight excluding hydrogens is 324 g/mol. The van der Waals surface area contributed by atoms with Crippen molar-refractivity contribution in [1.29, 1.82) is 0 Å². The molecule has 1 atom stereocenters. The highest BCUT2D eigenvalue weighted by Crippen LogP contribution is 2.61. The lowest BCUT2D eigenvalue weighted by Gasteiger charge is -2.59. The summed E-state index contributed by atoms with van der Waals surface area (Å²) < 4.78 is 28.7. The number of carbonyl (C=O) groups excluding carboxylic acids is 1. The van der Waals surface area contributed by atoms with Crippen LogP contribution >= 0.6 is 0 Å². The standard InChI is InChI=1S/C20H25F2NO2/c1-12(20-9-13-6-14(10-20)8-15(7-13)11-20)23-18(24)16-2-4-17(5-3-16)25-19(21)22/h2-5,12-15,19H,6-11H2,1H3,(H,23,24). The van der Waals surface area contributed by atoms with Crippen LogP contribution in [0.2, 0.25) is 0 Å². The van der Waals surface area contributed by atoms with E-state index in [1.165, 1.54) is 50.7 Å². The monoisotopic (exact) mass is 349 g/mol. The fourth-order valence-corrected chi connectivity index (χ4v) is 5.93. The predicted octanol–water partition coefficient (Wildman–Crippen LogP) is 4.62. The summed E-state index contributed by atoms with van der Waals surface area (Å²) in [5.41, 5.74) is 0.738. The van der Waals surface area contributed by atoms with Crippen LogP contribution < -0.4 is 10.1 Å². The van der Waals surface area contributed by atoms with Crippen LogP contribution in [0.1, 0.15) is 55.8 Å². The molecule has 4 aliphatic rings. The summed E-state index contributed by atoms with van der Waals surface area (Å²) >= 11 is 0. The van der Waals surface area contributed by atoms with Crippen LogP contribution in [0, 0.1) is 23.2 Å². The second kappa shape index (κ2) is 6.26. The van der Waals surface area contributed by atoms with Gasteiger partial charge in [-0.3, -0.25) is 4.79 Å². The van der Waals surface area contributed by atoms with Gasteiger partial charge in [0.15, 0.2) is 0 Å². The predicted molar refractivity (Wildman–Crippen MR) is 90.6 cm³/mol. The molecule has 0 aromatic heterocycles. The lowest BCUT2D eigenvalue weighted by Crippen LogP contribution is -2.55. The van der Waals surface area contributed by atoms with Crippen LogP contribution in [-0.4, -0.2) is 18.6 Å². The van der Waals surface area contributed by atoms with E-state index < -0.39 is 6.61 Å². The minimum Gasteiger partial charge on any atom is -0.435 e. The van der Waals surface area contributed by atoms with Gasteiger partial charge < -0.3 is 10.1 Å². The first kappa shape index (κ1) is 16.8. The molecule has 25 heavy (non-hydrogen) atoms. The summed E-state index contributed by atoms with van der Waals surface area (Å²) in [5, 5.41) is 3.19. The zero-order chi connectivity index (χ0) is 17.6. The van der Waals surface area contributed by atoms with Gasteiger partial charge in [0.1, 0.15) is 5.75 Å². The van der Waals surface area contributed by atoms with E-state index in [1.807, 2.05) is 0 Å². The van der Waals surface area contributed by atoms with E-state index in [9.17, 15) is 13.6 Å². The topological polar surface area (TPSA) is 38.3 Å². The summed E-state index contributed by atoms with van der Waals surface area (Å²) in [6.07, 6.45) is 7.85. The quantitative estimate of drug-likeness (QED) is 0.842. The van der Waals surface area contributed by atoms with Gasteiger partial charge in [-0.15, -0.1) is 0 Å². The Balaban J connectivity index is 1.42. The van der Waals surface area contributed by atoms with Gasteiger partial charge in [0, 0.05) is 11.6 Å². The van der Waals surface area contributed by atoms with Crippen molar-refractivity contribution in [3.05, 3.63) is 29.8 Å². The van der Waals surface area contributed by atoms with E-state index in [4.69, 9.17) is 0 Å². The summed E-state index contributed by atoms with van der Waals surface area (Å²) in [6.45, 7) is -0.713. The van der Waals surface area contributed by atoms with Gasteiger partial charge in [0.25, 0.3) is 5.91 Å². The molecule has 5 rings (SSSR count). The highest BCUT2D eigenvalue weighted by Gasteiger charge is 2.53. The van der Waals surface area contributed by atoms with E-state index in [0.717, 1.165) is 17.8 Å². The maximum atomic E-state index is 12.6. The molecule has 3 nitrogen and oxygen atoms in total. The van der Waals surface area contributed by atoms with Gasteiger partial charge >= 0.3 is 6.61 Å². The number of alkyl halides is 2. The molecule has 1 aromatic rings. The van der Waals surface area contributed by atoms with Crippen LogP contribution in [0.15, 0.2) is 24.3 Å². The average molecular weight is 349 g/mol. The van der Waals surface area contributed by atoms with Crippen molar-refractivity contribution in [3.63, 3.8) is 0 Å². The third-order valence-electron chi connectivity index (χ3n) is 6.69. The van der Waals surface area contributed by atoms with E-state index in [2.05, 4.69) is 17.0 Å². The fourth-order valence-electron chi connectivity index (χ4n) is 5.93. The SMILES string of the molecule is CC(NC(=O)c1ccc(OC(F)F)cc1)C12CC3CC(CC(C3)C1)C2. The number of ether oxygens (including phenoxy) is 1. The molecule has 1 amide bonds. The Morgan fingerprint density at radius 1 is 1.08 bits per heavy atom. The molecule has 0 heterocycles. The molecule has 4 saturated carbocycles. The number of benzene rings is 1. The first-order valence-corrected chi connectivity index (χ1v) is 9.29. The Morgan fingerprint density at radius 2 is 1.60 bits per heavy atom. The number of hydrogen-bond donors (Lipinski definition) is 1. The van der Waals surface area contributed by atoms with Gasteiger partial charge in [-0.25, -0.2) is 0 Å². The molecule has 0 aliphatic heterocycles. The lowest BCUT2D eigenvalue weighted by molar-refractivity contribution is -0.0688. The second-order valence-electron chi connectivity index (χ2n) is 8.38. The van der Waals surface area contributed by atoms with Crippen molar-refractivity contribution < 1.29 is 18.3 Å². The van der Waals surface area contributed by atoms with Crippen LogP contribution in [0.3, 0.4) is 0 Å². The van der Waals surface area contributed by atoms with Crippen molar-refractivity contribution in [3.8, 4) is 5.75 Å². The van der Waals surface area contributed by atoms with E-state index in [1.54, 1.807) is 12.1 Å². The van der Waals surface area contributed by atoms with E-state index in [0.29, 0.717) is 5.56 Å². The molecule has 1 aromatic carbocycles. The normalized spacial score (nSPS) is 34.2. The largest absolute Gasteiger partial charge is 0.435 e. The number of halogens is 2. The van der Waals surface area contributed by atoms with Crippen LogP contribution in [0.5, 0.6) is 5.75 Å². The number of hydrogen-bond acceptors (Lipinski definition) is 2. The minimum atomic E-state index is -2.85. The first-order valence-electron chi connectivity index (χ1n) is 9.29. The second-order valence-corrected chi connectivity index (χ2v) is 8.38. The fraction of sp³-hybridized carbons (Fsp3) is 0.650. The Hall–Kier alpha value is -1.65. The van der Waals surface area contributed by atoms with Gasteiger partial charge in [-0.05, 0) is 92.9 Å². The molecule has 0 saturated heterocycles. The highest BCUT2D eigenvalue weighted by molar-refractivity contribution is 5.94. The maximum absolute atomic E-state index is 12.6. The maximum Gasteiger partial charge on any atom is 0.387 e. The Morgan fingerprint density at radius 3 is 2.08 bits per heavy atom. The summed E-state index contributed by atoms with van der Waals surface area (Å²) in [4.78, 5) is 12.6. The number of amides is 1. The van der Waals surface area contributed by atoms with Crippen molar-refractivity contribution in [2.75, 3.05) is 0 Å². The molecule has 4 aliphatic carbocycles. The van der Waals surface area contributed by atoms with Crippen molar-refractivity contribution in [2.45, 2.75) is 58.1 Å². The Kier molecular flexibility index (Phi) is 4.20.